The van der Waals surface area contributed by atoms with Crippen molar-refractivity contribution in [1.29, 1.82) is 0 Å². The maximum absolute atomic E-state index is 12.0. The highest BCUT2D eigenvalue weighted by molar-refractivity contribution is 5.77. The minimum atomic E-state index is -4.69. The number of rotatable bonds is 7. The lowest BCUT2D eigenvalue weighted by Crippen LogP contribution is -2.36. The second kappa shape index (κ2) is 7.87. The Kier molecular flexibility index (Phi) is 6.48. The second-order valence-corrected chi connectivity index (χ2v) is 4.45. The average molecular weight is 304 g/mol. The molecule has 1 rings (SSSR count). The normalized spacial score (nSPS) is 11.5. The van der Waals surface area contributed by atoms with Crippen molar-refractivity contribution in [2.24, 2.45) is 0 Å². The molecule has 0 aliphatic carbocycles. The number of likely N-dealkylation sites (N-methyl/N-ethyl adjacent to an activating group) is 2. The molecular weight excluding hydrogens is 285 g/mol. The van der Waals surface area contributed by atoms with Gasteiger partial charge in [0, 0.05) is 13.1 Å². The van der Waals surface area contributed by atoms with Gasteiger partial charge in [0.15, 0.2) is 0 Å². The Morgan fingerprint density at radius 2 is 1.86 bits per heavy atom. The van der Waals surface area contributed by atoms with Crippen molar-refractivity contribution in [3.63, 3.8) is 0 Å². The van der Waals surface area contributed by atoms with Gasteiger partial charge < -0.3 is 10.1 Å². The van der Waals surface area contributed by atoms with E-state index in [0.29, 0.717) is 19.6 Å². The van der Waals surface area contributed by atoms with E-state index in [-0.39, 0.29) is 18.2 Å². The summed E-state index contributed by atoms with van der Waals surface area (Å²) < 4.78 is 39.9. The predicted molar refractivity (Wildman–Crippen MR) is 72.8 cm³/mol. The van der Waals surface area contributed by atoms with Crippen molar-refractivity contribution < 1.29 is 22.7 Å². The number of carbonyl (C=O) groups excluding carboxylic acids is 1. The van der Waals surface area contributed by atoms with E-state index in [0.717, 1.165) is 5.56 Å². The van der Waals surface area contributed by atoms with Crippen LogP contribution in [0.4, 0.5) is 13.2 Å². The summed E-state index contributed by atoms with van der Waals surface area (Å²) in [5, 5.41) is 2.71. The van der Waals surface area contributed by atoms with E-state index in [1.54, 1.807) is 12.1 Å². The van der Waals surface area contributed by atoms with E-state index in [9.17, 15) is 18.0 Å². The summed E-state index contributed by atoms with van der Waals surface area (Å²) in [7, 11) is 0. The van der Waals surface area contributed by atoms with Crippen LogP contribution in [0.25, 0.3) is 0 Å². The minimum Gasteiger partial charge on any atom is -0.406 e. The summed E-state index contributed by atoms with van der Waals surface area (Å²) in [6.07, 6.45) is -4.69. The Bertz CT molecular complexity index is 447. The topological polar surface area (TPSA) is 41.6 Å². The van der Waals surface area contributed by atoms with Gasteiger partial charge in [-0.25, -0.2) is 0 Å². The van der Waals surface area contributed by atoms with Crippen LogP contribution >= 0.6 is 0 Å². The zero-order valence-corrected chi connectivity index (χ0v) is 12.0. The van der Waals surface area contributed by atoms with Crippen LogP contribution in [0.5, 0.6) is 5.75 Å². The van der Waals surface area contributed by atoms with Crippen LogP contribution in [0, 0.1) is 0 Å². The molecule has 118 valence electrons. The van der Waals surface area contributed by atoms with E-state index in [1.807, 2.05) is 18.7 Å². The Labute approximate surface area is 121 Å². The van der Waals surface area contributed by atoms with E-state index < -0.39 is 6.36 Å². The smallest absolute Gasteiger partial charge is 0.406 e. The highest BCUT2D eigenvalue weighted by Crippen LogP contribution is 2.23. The maximum atomic E-state index is 12.0. The number of ether oxygens (including phenoxy) is 1. The quantitative estimate of drug-likeness (QED) is 0.841. The van der Waals surface area contributed by atoms with Crippen LogP contribution in [0.1, 0.15) is 19.4 Å². The number of nitrogens with zero attached hydrogens (tertiary/aromatic N) is 1. The van der Waals surface area contributed by atoms with Crippen molar-refractivity contribution in [3.05, 3.63) is 29.8 Å². The molecule has 0 spiro atoms. The molecule has 1 amide bonds. The Balaban J connectivity index is 2.58. The highest BCUT2D eigenvalue weighted by atomic mass is 19.4. The molecule has 0 unspecified atom stereocenters. The van der Waals surface area contributed by atoms with Crippen molar-refractivity contribution >= 4 is 5.91 Å². The minimum absolute atomic E-state index is 0.0728. The predicted octanol–water partition coefficient (Wildman–Crippen LogP) is 2.54. The molecule has 0 saturated carbocycles. The van der Waals surface area contributed by atoms with Crippen LogP contribution in [0.3, 0.4) is 0 Å². The summed E-state index contributed by atoms with van der Waals surface area (Å²) in [6, 6.07) is 5.65. The van der Waals surface area contributed by atoms with E-state index in [2.05, 4.69) is 10.1 Å². The average Bonchev–Trinajstić information content (AvgIpc) is 2.38. The molecule has 1 aromatic carbocycles. The lowest BCUT2D eigenvalue weighted by atomic mass is 10.2. The number of amides is 1. The fourth-order valence-corrected chi connectivity index (χ4v) is 1.79. The number of hydrogen-bond acceptors (Lipinski definition) is 3. The first-order valence-corrected chi connectivity index (χ1v) is 6.67. The third-order valence-corrected chi connectivity index (χ3v) is 2.75. The zero-order valence-electron chi connectivity index (χ0n) is 12.0. The summed E-state index contributed by atoms with van der Waals surface area (Å²) in [5.41, 5.74) is 0.815. The van der Waals surface area contributed by atoms with Crippen LogP contribution in [-0.4, -0.2) is 36.8 Å². The largest absolute Gasteiger partial charge is 0.573 e. The molecule has 1 N–H and O–H groups in total. The lowest BCUT2D eigenvalue weighted by molar-refractivity contribution is -0.274. The monoisotopic (exact) mass is 304 g/mol. The summed E-state index contributed by atoms with van der Waals surface area (Å²) >= 11 is 0. The van der Waals surface area contributed by atoms with Gasteiger partial charge in [0.2, 0.25) is 5.91 Å². The molecule has 0 aliphatic rings. The molecular formula is C14H19F3N2O2. The number of nitrogens with one attached hydrogen (secondary N) is 1. The first-order chi connectivity index (χ1) is 9.84. The Morgan fingerprint density at radius 3 is 2.33 bits per heavy atom. The van der Waals surface area contributed by atoms with Crippen LogP contribution < -0.4 is 10.1 Å². The second-order valence-electron chi connectivity index (χ2n) is 4.45. The van der Waals surface area contributed by atoms with Crippen LogP contribution in [0.2, 0.25) is 0 Å². The molecule has 4 nitrogen and oxygen atoms in total. The number of halogens is 3. The van der Waals surface area contributed by atoms with Gasteiger partial charge in [-0.15, -0.1) is 13.2 Å². The lowest BCUT2D eigenvalue weighted by Gasteiger charge is -2.20. The molecule has 0 aliphatic heterocycles. The van der Waals surface area contributed by atoms with Gasteiger partial charge in [-0.3, -0.25) is 9.69 Å². The van der Waals surface area contributed by atoms with Gasteiger partial charge in [0.25, 0.3) is 0 Å². The molecule has 0 bridgehead atoms. The van der Waals surface area contributed by atoms with Crippen molar-refractivity contribution in [2.45, 2.75) is 26.8 Å². The standard InChI is InChI=1S/C14H19F3N2O2/c1-3-18-13(20)10-19(4-2)9-11-5-7-12(8-6-11)21-14(15,16)17/h5-8H,3-4,9-10H2,1-2H3,(H,18,20). The number of hydrogen-bond donors (Lipinski definition) is 1. The fraction of sp³-hybridized carbons (Fsp3) is 0.500. The van der Waals surface area contributed by atoms with Gasteiger partial charge in [-0.2, -0.15) is 0 Å². The molecule has 1 aromatic rings. The van der Waals surface area contributed by atoms with Gasteiger partial charge in [0.05, 0.1) is 6.54 Å². The van der Waals surface area contributed by atoms with Gasteiger partial charge in [-0.05, 0) is 31.2 Å². The molecule has 0 aromatic heterocycles. The summed E-state index contributed by atoms with van der Waals surface area (Å²) in [6.45, 7) is 5.73. The molecule has 7 heteroatoms. The highest BCUT2D eigenvalue weighted by Gasteiger charge is 2.30. The number of alkyl halides is 3. The summed E-state index contributed by atoms with van der Waals surface area (Å²) in [5.74, 6) is -0.325. The Hall–Kier alpha value is -1.76. The van der Waals surface area contributed by atoms with Crippen LogP contribution in [-0.2, 0) is 11.3 Å². The first kappa shape index (κ1) is 17.3. The number of carbonyl (C=O) groups is 1. The maximum Gasteiger partial charge on any atom is 0.573 e. The molecule has 0 atom stereocenters. The third kappa shape index (κ3) is 6.99. The van der Waals surface area contributed by atoms with Crippen molar-refractivity contribution in [2.75, 3.05) is 19.6 Å². The van der Waals surface area contributed by atoms with Gasteiger partial charge in [0.1, 0.15) is 5.75 Å². The van der Waals surface area contributed by atoms with Gasteiger partial charge in [-0.1, -0.05) is 19.1 Å². The molecule has 0 heterocycles. The SMILES string of the molecule is CCNC(=O)CN(CC)Cc1ccc(OC(F)(F)F)cc1. The van der Waals surface area contributed by atoms with Crippen LogP contribution in [0.15, 0.2) is 24.3 Å². The van der Waals surface area contributed by atoms with Gasteiger partial charge >= 0.3 is 6.36 Å². The van der Waals surface area contributed by atoms with Crippen molar-refractivity contribution in [3.8, 4) is 5.75 Å². The third-order valence-electron chi connectivity index (χ3n) is 2.75. The summed E-state index contributed by atoms with van der Waals surface area (Å²) in [4.78, 5) is 13.4. The van der Waals surface area contributed by atoms with E-state index >= 15 is 0 Å². The van der Waals surface area contributed by atoms with E-state index in [1.165, 1.54) is 12.1 Å². The molecule has 0 fully saturated rings. The number of benzene rings is 1. The first-order valence-electron chi connectivity index (χ1n) is 6.67. The zero-order chi connectivity index (χ0) is 15.9. The van der Waals surface area contributed by atoms with E-state index in [4.69, 9.17) is 0 Å². The Morgan fingerprint density at radius 1 is 1.24 bits per heavy atom. The van der Waals surface area contributed by atoms with Crippen molar-refractivity contribution in [1.82, 2.24) is 10.2 Å². The molecule has 21 heavy (non-hydrogen) atoms. The fourth-order valence-electron chi connectivity index (χ4n) is 1.79. The molecule has 0 radical (unpaired) electrons. The molecule has 0 saturated heterocycles.